The number of aliphatic hydroxyl groups is 2. The SMILES string of the molecule is C=C(CC(O)C=C(C)CCC=C(C)CCC=C(C)C)C1CC(=O)C(C)=CC1O. The molecule has 0 bridgehead atoms. The molecule has 0 saturated heterocycles. The summed E-state index contributed by atoms with van der Waals surface area (Å²) in [5.41, 5.74) is 5.25. The summed E-state index contributed by atoms with van der Waals surface area (Å²) >= 11 is 0. The van der Waals surface area contributed by atoms with Gasteiger partial charge in [-0.3, -0.25) is 4.79 Å². The van der Waals surface area contributed by atoms with Crippen molar-refractivity contribution >= 4 is 5.78 Å². The van der Waals surface area contributed by atoms with Crippen LogP contribution in [0, 0.1) is 5.92 Å². The highest BCUT2D eigenvalue weighted by molar-refractivity contribution is 5.96. The van der Waals surface area contributed by atoms with E-state index in [-0.39, 0.29) is 18.1 Å². The Balaban J connectivity index is 2.47. The number of carbonyl (C=O) groups excluding carboxylic acids is 1. The molecule has 0 heterocycles. The number of Topliss-reactive ketones (excluding diaryl/α,β-unsaturated/α-hetero) is 1. The molecule has 0 amide bonds. The van der Waals surface area contributed by atoms with Crippen LogP contribution in [0.1, 0.15) is 73.1 Å². The van der Waals surface area contributed by atoms with Gasteiger partial charge < -0.3 is 10.2 Å². The third kappa shape index (κ3) is 8.99. The van der Waals surface area contributed by atoms with Crippen LogP contribution in [0.4, 0.5) is 0 Å². The number of carbonyl (C=O) groups is 1. The lowest BCUT2D eigenvalue weighted by Gasteiger charge is -2.27. The van der Waals surface area contributed by atoms with Gasteiger partial charge in [0.2, 0.25) is 0 Å². The van der Waals surface area contributed by atoms with Crippen LogP contribution in [0.2, 0.25) is 0 Å². The minimum Gasteiger partial charge on any atom is -0.389 e. The maximum Gasteiger partial charge on any atom is 0.159 e. The molecule has 28 heavy (non-hydrogen) atoms. The molecule has 3 atom stereocenters. The lowest BCUT2D eigenvalue weighted by molar-refractivity contribution is -0.117. The van der Waals surface area contributed by atoms with E-state index in [2.05, 4.69) is 39.5 Å². The van der Waals surface area contributed by atoms with Crippen LogP contribution in [0.3, 0.4) is 0 Å². The first-order chi connectivity index (χ1) is 13.1. The van der Waals surface area contributed by atoms with Crippen molar-refractivity contribution in [3.8, 4) is 0 Å². The predicted octanol–water partition coefficient (Wildman–Crippen LogP) is 5.61. The van der Waals surface area contributed by atoms with Crippen molar-refractivity contribution < 1.29 is 15.0 Å². The predicted molar refractivity (Wildman–Crippen MR) is 118 cm³/mol. The summed E-state index contributed by atoms with van der Waals surface area (Å²) in [6.45, 7) is 14.2. The second kappa shape index (κ2) is 12.0. The fourth-order valence-corrected chi connectivity index (χ4v) is 3.46. The lowest BCUT2D eigenvalue weighted by atomic mass is 9.80. The average molecular weight is 387 g/mol. The number of hydrogen-bond acceptors (Lipinski definition) is 3. The Morgan fingerprint density at radius 3 is 2.43 bits per heavy atom. The molecule has 1 aliphatic rings. The van der Waals surface area contributed by atoms with E-state index in [1.54, 1.807) is 13.0 Å². The monoisotopic (exact) mass is 386 g/mol. The average Bonchev–Trinajstić information content (AvgIpc) is 2.57. The number of rotatable bonds is 10. The van der Waals surface area contributed by atoms with Gasteiger partial charge in [-0.1, -0.05) is 47.1 Å². The van der Waals surface area contributed by atoms with Crippen molar-refractivity contribution in [2.75, 3.05) is 0 Å². The summed E-state index contributed by atoms with van der Waals surface area (Å²) in [6.07, 6.45) is 11.4. The van der Waals surface area contributed by atoms with Crippen molar-refractivity contribution in [1.29, 1.82) is 0 Å². The van der Waals surface area contributed by atoms with Crippen LogP contribution in [-0.4, -0.2) is 28.2 Å². The molecule has 2 N–H and O–H groups in total. The van der Waals surface area contributed by atoms with Gasteiger partial charge in [-0.15, -0.1) is 0 Å². The first-order valence-electron chi connectivity index (χ1n) is 10.3. The van der Waals surface area contributed by atoms with Crippen LogP contribution in [-0.2, 0) is 4.79 Å². The van der Waals surface area contributed by atoms with Gasteiger partial charge in [-0.2, -0.15) is 0 Å². The van der Waals surface area contributed by atoms with E-state index in [0.717, 1.165) is 36.8 Å². The van der Waals surface area contributed by atoms with Crippen molar-refractivity contribution in [1.82, 2.24) is 0 Å². The highest BCUT2D eigenvalue weighted by atomic mass is 16.3. The molecule has 1 aliphatic carbocycles. The Morgan fingerprint density at radius 1 is 1.18 bits per heavy atom. The summed E-state index contributed by atoms with van der Waals surface area (Å²) in [4.78, 5) is 11.9. The molecule has 0 aromatic carbocycles. The molecule has 3 nitrogen and oxygen atoms in total. The summed E-state index contributed by atoms with van der Waals surface area (Å²) in [6, 6.07) is 0. The third-order valence-electron chi connectivity index (χ3n) is 5.27. The second-order valence-corrected chi connectivity index (χ2v) is 8.43. The Bertz CT molecular complexity index is 672. The van der Waals surface area contributed by atoms with Gasteiger partial charge in [0, 0.05) is 12.3 Å². The van der Waals surface area contributed by atoms with Gasteiger partial charge in [0.05, 0.1) is 12.2 Å². The molecular formula is C25H38O3. The largest absolute Gasteiger partial charge is 0.389 e. The standard InChI is InChI=1S/C25H38O3/c1-17(2)9-7-10-18(3)11-8-12-19(4)13-22(26)14-20(5)23-16-24(27)21(6)15-25(23)28/h9,11,13,15,22-23,25-26,28H,5,7-8,10,12,14,16H2,1-4,6H3. The zero-order chi connectivity index (χ0) is 21.3. The van der Waals surface area contributed by atoms with Gasteiger partial charge in [0.1, 0.15) is 0 Å². The summed E-state index contributed by atoms with van der Waals surface area (Å²) in [5, 5.41) is 20.5. The van der Waals surface area contributed by atoms with Gasteiger partial charge in [0.25, 0.3) is 0 Å². The Labute approximate surface area is 171 Å². The molecule has 0 radical (unpaired) electrons. The molecule has 3 unspecified atom stereocenters. The normalized spacial score (nSPS) is 22.0. The van der Waals surface area contributed by atoms with Crippen LogP contribution >= 0.6 is 0 Å². The van der Waals surface area contributed by atoms with Gasteiger partial charge >= 0.3 is 0 Å². The first-order valence-corrected chi connectivity index (χ1v) is 10.3. The van der Waals surface area contributed by atoms with E-state index in [4.69, 9.17) is 0 Å². The summed E-state index contributed by atoms with van der Waals surface area (Å²) in [5.74, 6) is -0.254. The van der Waals surface area contributed by atoms with Crippen molar-refractivity contribution in [2.45, 2.75) is 85.4 Å². The molecule has 0 aromatic rings. The van der Waals surface area contributed by atoms with Crippen LogP contribution in [0.15, 0.2) is 58.7 Å². The van der Waals surface area contributed by atoms with Crippen molar-refractivity contribution in [2.24, 2.45) is 5.92 Å². The highest BCUT2D eigenvalue weighted by Crippen LogP contribution is 2.29. The Kier molecular flexibility index (Phi) is 10.4. The third-order valence-corrected chi connectivity index (χ3v) is 5.27. The molecule has 3 heteroatoms. The van der Waals surface area contributed by atoms with E-state index in [0.29, 0.717) is 12.0 Å². The number of aliphatic hydroxyl groups excluding tert-OH is 2. The topological polar surface area (TPSA) is 57.5 Å². The zero-order valence-electron chi connectivity index (χ0n) is 18.3. The number of hydrogen-bond donors (Lipinski definition) is 2. The van der Waals surface area contributed by atoms with Gasteiger partial charge in [-0.05, 0) is 78.4 Å². The molecule has 1 rings (SSSR count). The summed E-state index contributed by atoms with van der Waals surface area (Å²) < 4.78 is 0. The molecule has 0 aliphatic heterocycles. The minimum atomic E-state index is -0.693. The highest BCUT2D eigenvalue weighted by Gasteiger charge is 2.29. The van der Waals surface area contributed by atoms with E-state index in [1.807, 2.05) is 13.0 Å². The number of allylic oxidation sites excluding steroid dienone is 6. The van der Waals surface area contributed by atoms with Crippen LogP contribution < -0.4 is 0 Å². The minimum absolute atomic E-state index is 0.0457. The van der Waals surface area contributed by atoms with E-state index < -0.39 is 12.2 Å². The first kappa shape index (κ1) is 24.3. The van der Waals surface area contributed by atoms with Gasteiger partial charge in [-0.25, -0.2) is 0 Å². The fourth-order valence-electron chi connectivity index (χ4n) is 3.46. The maximum absolute atomic E-state index is 11.9. The van der Waals surface area contributed by atoms with Crippen molar-refractivity contribution in [3.05, 3.63) is 58.7 Å². The summed E-state index contributed by atoms with van der Waals surface area (Å²) in [7, 11) is 0. The van der Waals surface area contributed by atoms with Gasteiger partial charge in [0.15, 0.2) is 5.78 Å². The molecule has 0 spiro atoms. The molecule has 156 valence electrons. The quantitative estimate of drug-likeness (QED) is 0.480. The second-order valence-electron chi connectivity index (χ2n) is 8.43. The molecule has 0 saturated carbocycles. The zero-order valence-corrected chi connectivity index (χ0v) is 18.3. The van der Waals surface area contributed by atoms with Crippen LogP contribution in [0.25, 0.3) is 0 Å². The van der Waals surface area contributed by atoms with E-state index in [1.165, 1.54) is 11.1 Å². The smallest absolute Gasteiger partial charge is 0.159 e. The van der Waals surface area contributed by atoms with E-state index in [9.17, 15) is 15.0 Å². The fraction of sp³-hybridized carbons (Fsp3) is 0.560. The maximum atomic E-state index is 11.9. The van der Waals surface area contributed by atoms with Crippen molar-refractivity contribution in [3.63, 3.8) is 0 Å². The molecule has 0 fully saturated rings. The molecule has 0 aromatic heterocycles. The Hall–Kier alpha value is -1.71. The van der Waals surface area contributed by atoms with E-state index >= 15 is 0 Å². The Morgan fingerprint density at radius 2 is 1.79 bits per heavy atom. The van der Waals surface area contributed by atoms with Crippen LogP contribution in [0.5, 0.6) is 0 Å². The molecular weight excluding hydrogens is 348 g/mol. The lowest BCUT2D eigenvalue weighted by Crippen LogP contribution is -2.29. The number of ketones is 1.